The van der Waals surface area contributed by atoms with Crippen LogP contribution < -0.4 is 10.1 Å². The molecule has 2 aliphatic rings. The van der Waals surface area contributed by atoms with Crippen LogP contribution in [-0.2, 0) is 26.2 Å². The van der Waals surface area contributed by atoms with Crippen LogP contribution in [0.3, 0.4) is 0 Å². The van der Waals surface area contributed by atoms with Crippen LogP contribution in [0.1, 0.15) is 55.2 Å². The Morgan fingerprint density at radius 3 is 2.47 bits per heavy atom. The Labute approximate surface area is 200 Å². The summed E-state index contributed by atoms with van der Waals surface area (Å²) in [6, 6.07) is 15.0. The predicted octanol–water partition coefficient (Wildman–Crippen LogP) is 3.26. The number of carboxylic acids is 1. The molecule has 0 unspecified atom stereocenters. The number of hydrogen-bond donors (Lipinski definition) is 2. The smallest absolute Gasteiger partial charge is 0.303 e. The molecule has 0 radical (unpaired) electrons. The lowest BCUT2D eigenvalue weighted by Crippen LogP contribution is -2.53. The lowest BCUT2D eigenvalue weighted by molar-refractivity contribution is -0.137. The van der Waals surface area contributed by atoms with Crippen molar-refractivity contribution in [3.8, 4) is 5.75 Å². The number of amides is 2. The third kappa shape index (κ3) is 4.93. The molecule has 2 atom stereocenters. The lowest BCUT2D eigenvalue weighted by atomic mass is 9.73. The standard InChI is InChI=1S/C27H32N2O5/c1-18(30)28-24(14-19-6-4-3-5-7-19)26(33)29-12-10-27(11-13-29)17-20(15-25(31)32)22-9-8-21(34-2)16-23(22)27/h3-9,16,20,24H,10-15,17H2,1-2H3,(H,28,30)(H,31,32)/t20-,24-/m0/s1. The molecule has 1 aliphatic carbocycles. The Morgan fingerprint density at radius 2 is 1.85 bits per heavy atom. The van der Waals surface area contributed by atoms with E-state index in [1.54, 1.807) is 7.11 Å². The predicted molar refractivity (Wildman–Crippen MR) is 128 cm³/mol. The van der Waals surface area contributed by atoms with Gasteiger partial charge in [-0.2, -0.15) is 0 Å². The molecule has 1 heterocycles. The van der Waals surface area contributed by atoms with Crippen molar-refractivity contribution in [2.75, 3.05) is 20.2 Å². The van der Waals surface area contributed by atoms with Crippen LogP contribution in [0.4, 0.5) is 0 Å². The molecule has 7 nitrogen and oxygen atoms in total. The van der Waals surface area contributed by atoms with E-state index in [0.717, 1.165) is 41.7 Å². The van der Waals surface area contributed by atoms with E-state index in [1.165, 1.54) is 6.92 Å². The number of nitrogens with zero attached hydrogens (tertiary/aromatic N) is 1. The Kier molecular flexibility index (Phi) is 6.91. The van der Waals surface area contributed by atoms with Crippen molar-refractivity contribution in [1.82, 2.24) is 10.2 Å². The third-order valence-corrected chi connectivity index (χ3v) is 7.32. The fraction of sp³-hybridized carbons (Fsp3) is 0.444. The quantitative estimate of drug-likeness (QED) is 0.656. The number of piperidine rings is 1. The maximum Gasteiger partial charge on any atom is 0.303 e. The molecule has 2 aromatic rings. The highest BCUT2D eigenvalue weighted by atomic mass is 16.5. The zero-order valence-corrected chi connectivity index (χ0v) is 19.8. The van der Waals surface area contributed by atoms with Crippen LogP contribution in [0.5, 0.6) is 5.75 Å². The van der Waals surface area contributed by atoms with Crippen molar-refractivity contribution in [1.29, 1.82) is 0 Å². The number of carboxylic acid groups (broad SMARTS) is 1. The van der Waals surface area contributed by atoms with Crippen LogP contribution in [0.15, 0.2) is 48.5 Å². The van der Waals surface area contributed by atoms with Crippen molar-refractivity contribution >= 4 is 17.8 Å². The molecule has 4 rings (SSSR count). The minimum absolute atomic E-state index is 0.0362. The van der Waals surface area contributed by atoms with Gasteiger partial charge in [0.25, 0.3) is 0 Å². The average Bonchev–Trinajstić information content (AvgIpc) is 3.10. The number of ether oxygens (including phenoxy) is 1. The first-order valence-electron chi connectivity index (χ1n) is 11.8. The summed E-state index contributed by atoms with van der Waals surface area (Å²) in [6.07, 6.45) is 2.83. The molecule has 1 spiro atoms. The number of hydrogen-bond acceptors (Lipinski definition) is 4. The Morgan fingerprint density at radius 1 is 1.15 bits per heavy atom. The first kappa shape index (κ1) is 23.8. The first-order chi connectivity index (χ1) is 16.3. The van der Waals surface area contributed by atoms with Crippen molar-refractivity contribution in [2.24, 2.45) is 0 Å². The number of methoxy groups -OCH3 is 1. The van der Waals surface area contributed by atoms with Gasteiger partial charge in [-0.25, -0.2) is 0 Å². The van der Waals surface area contributed by atoms with Crippen molar-refractivity contribution in [3.63, 3.8) is 0 Å². The number of carbonyl (C=O) groups is 3. The van der Waals surface area contributed by atoms with E-state index < -0.39 is 12.0 Å². The second kappa shape index (κ2) is 9.87. The molecule has 2 aromatic carbocycles. The summed E-state index contributed by atoms with van der Waals surface area (Å²) in [5, 5.41) is 12.3. The van der Waals surface area contributed by atoms with Crippen LogP contribution in [-0.4, -0.2) is 54.0 Å². The molecule has 1 aliphatic heterocycles. The lowest BCUT2D eigenvalue weighted by Gasteiger charge is -2.41. The topological polar surface area (TPSA) is 95.9 Å². The number of likely N-dealkylation sites (tertiary alicyclic amines) is 1. The number of rotatable bonds is 7. The van der Waals surface area contributed by atoms with Gasteiger partial charge < -0.3 is 20.1 Å². The van der Waals surface area contributed by atoms with E-state index in [0.29, 0.717) is 19.5 Å². The molecule has 1 fully saturated rings. The van der Waals surface area contributed by atoms with Gasteiger partial charge in [0.2, 0.25) is 11.8 Å². The molecule has 0 aromatic heterocycles. The maximum absolute atomic E-state index is 13.4. The molecule has 1 saturated heterocycles. The number of carbonyl (C=O) groups excluding carboxylic acids is 2. The van der Waals surface area contributed by atoms with Crippen LogP contribution in [0.25, 0.3) is 0 Å². The summed E-state index contributed by atoms with van der Waals surface area (Å²) in [5.41, 5.74) is 3.08. The van der Waals surface area contributed by atoms with Crippen molar-refractivity contribution in [2.45, 2.75) is 56.4 Å². The fourth-order valence-electron chi connectivity index (χ4n) is 5.71. The summed E-state index contributed by atoms with van der Waals surface area (Å²) < 4.78 is 5.45. The van der Waals surface area contributed by atoms with Crippen LogP contribution >= 0.6 is 0 Å². The molecule has 0 saturated carbocycles. The summed E-state index contributed by atoms with van der Waals surface area (Å²) >= 11 is 0. The van der Waals surface area contributed by atoms with Crippen LogP contribution in [0, 0.1) is 0 Å². The second-order valence-corrected chi connectivity index (χ2v) is 9.50. The SMILES string of the molecule is COc1ccc2c(c1)C1(CCN(C(=O)[C@H](Cc3ccccc3)NC(C)=O)CC1)C[C@@H]2CC(=O)O. The minimum atomic E-state index is -0.796. The van der Waals surface area contributed by atoms with Gasteiger partial charge >= 0.3 is 5.97 Å². The summed E-state index contributed by atoms with van der Waals surface area (Å²) in [4.78, 5) is 38.6. The highest BCUT2D eigenvalue weighted by Gasteiger charge is 2.47. The van der Waals surface area contributed by atoms with E-state index in [4.69, 9.17) is 4.74 Å². The second-order valence-electron chi connectivity index (χ2n) is 9.50. The number of benzene rings is 2. The van der Waals surface area contributed by atoms with Gasteiger partial charge in [-0.15, -0.1) is 0 Å². The molecule has 2 N–H and O–H groups in total. The molecule has 180 valence electrons. The fourth-order valence-corrected chi connectivity index (χ4v) is 5.71. The summed E-state index contributed by atoms with van der Waals surface area (Å²) in [5.74, 6) is -0.363. The van der Waals surface area contributed by atoms with E-state index in [9.17, 15) is 19.5 Å². The van der Waals surface area contributed by atoms with Gasteiger partial charge in [-0.05, 0) is 59.4 Å². The minimum Gasteiger partial charge on any atom is -0.497 e. The average molecular weight is 465 g/mol. The van der Waals surface area contributed by atoms with Gasteiger partial charge in [-0.3, -0.25) is 14.4 Å². The van der Waals surface area contributed by atoms with E-state index in [1.807, 2.05) is 53.4 Å². The number of aliphatic carboxylic acids is 1. The Bertz CT molecular complexity index is 1060. The van der Waals surface area contributed by atoms with Crippen LogP contribution in [0.2, 0.25) is 0 Å². The highest BCUT2D eigenvalue weighted by Crippen LogP contribution is 2.53. The molecule has 34 heavy (non-hydrogen) atoms. The Hall–Kier alpha value is -3.35. The van der Waals surface area contributed by atoms with Gasteiger partial charge in [0.05, 0.1) is 13.5 Å². The number of nitrogens with one attached hydrogen (secondary N) is 1. The van der Waals surface area contributed by atoms with E-state index in [-0.39, 0.29) is 29.6 Å². The van der Waals surface area contributed by atoms with Gasteiger partial charge in [-0.1, -0.05) is 36.4 Å². The zero-order chi connectivity index (χ0) is 24.3. The largest absolute Gasteiger partial charge is 0.497 e. The maximum atomic E-state index is 13.4. The molecular formula is C27H32N2O5. The Balaban J connectivity index is 1.51. The molecule has 2 amide bonds. The van der Waals surface area contributed by atoms with E-state index >= 15 is 0 Å². The van der Waals surface area contributed by atoms with Crippen molar-refractivity contribution in [3.05, 3.63) is 65.2 Å². The third-order valence-electron chi connectivity index (χ3n) is 7.32. The number of fused-ring (bicyclic) bond motifs is 2. The van der Waals surface area contributed by atoms with Gasteiger partial charge in [0.15, 0.2) is 0 Å². The molecule has 7 heteroatoms. The summed E-state index contributed by atoms with van der Waals surface area (Å²) in [7, 11) is 1.63. The molecule has 0 bridgehead atoms. The molecular weight excluding hydrogens is 432 g/mol. The summed E-state index contributed by atoms with van der Waals surface area (Å²) in [6.45, 7) is 2.57. The zero-order valence-electron chi connectivity index (χ0n) is 19.8. The van der Waals surface area contributed by atoms with Gasteiger partial charge in [0, 0.05) is 26.4 Å². The highest BCUT2D eigenvalue weighted by molar-refractivity contribution is 5.87. The normalized spacial score (nSPS) is 19.4. The van der Waals surface area contributed by atoms with E-state index in [2.05, 4.69) is 5.32 Å². The first-order valence-corrected chi connectivity index (χ1v) is 11.8. The monoisotopic (exact) mass is 464 g/mol. The van der Waals surface area contributed by atoms with Gasteiger partial charge in [0.1, 0.15) is 11.8 Å². The van der Waals surface area contributed by atoms with Crippen molar-refractivity contribution < 1.29 is 24.2 Å².